The molecule has 0 aliphatic heterocycles. The fourth-order valence-corrected chi connectivity index (χ4v) is 5.47. The molecule has 1 aliphatic carbocycles. The van der Waals surface area contributed by atoms with Gasteiger partial charge in [0, 0.05) is 20.5 Å². The number of carbonyl (C=O) groups excluding carboxylic acids is 1. The quantitative estimate of drug-likeness (QED) is 0.226. The van der Waals surface area contributed by atoms with Crippen molar-refractivity contribution in [1.82, 2.24) is 25.4 Å². The Labute approximate surface area is 254 Å². The molecular weight excluding hydrogens is 596 g/mol. The minimum atomic E-state index is -3.77. The number of rotatable bonds is 12. The number of Topliss-reactive ketones (excluding diaryl/α,β-unsaturated/α-hetero) is 1. The Morgan fingerprint density at radius 2 is 1.86 bits per heavy atom. The number of anilines is 2. The zero-order valence-corrected chi connectivity index (χ0v) is 26.1. The van der Waals surface area contributed by atoms with Gasteiger partial charge in [-0.1, -0.05) is 48.9 Å². The molecule has 1 aromatic carbocycles. The second-order valence-electron chi connectivity index (χ2n) is 11.3. The summed E-state index contributed by atoms with van der Waals surface area (Å²) in [5.41, 5.74) is 6.82. The van der Waals surface area contributed by atoms with E-state index >= 15 is 0 Å². The van der Waals surface area contributed by atoms with Crippen molar-refractivity contribution in [2.24, 2.45) is 17.6 Å². The maximum atomic E-state index is 13.1. The Morgan fingerprint density at radius 1 is 1.16 bits per heavy atom. The van der Waals surface area contributed by atoms with Crippen LogP contribution in [0.5, 0.6) is 0 Å². The molecule has 13 nitrogen and oxygen atoms in total. The van der Waals surface area contributed by atoms with Gasteiger partial charge in [0.15, 0.2) is 5.82 Å². The molecule has 0 spiro atoms. The van der Waals surface area contributed by atoms with Gasteiger partial charge in [-0.25, -0.2) is 13.4 Å². The fourth-order valence-electron chi connectivity index (χ4n) is 4.67. The van der Waals surface area contributed by atoms with Gasteiger partial charge < -0.3 is 19.5 Å². The largest absolute Gasteiger partial charge is 0.419 e. The van der Waals surface area contributed by atoms with Crippen molar-refractivity contribution in [2.45, 2.75) is 39.2 Å². The number of pyridine rings is 1. The molecule has 1 saturated carbocycles. The molecule has 5 rings (SSSR count). The first-order chi connectivity index (χ1) is 20.2. The van der Waals surface area contributed by atoms with Crippen LogP contribution >= 0.6 is 11.6 Å². The first kappa shape index (κ1) is 30.6. The van der Waals surface area contributed by atoms with Crippen molar-refractivity contribution in [2.75, 3.05) is 35.6 Å². The third-order valence-corrected chi connectivity index (χ3v) is 8.98. The number of halogens is 1. The second-order valence-corrected chi connectivity index (χ2v) is 13.7. The highest BCUT2D eigenvalue weighted by Gasteiger charge is 2.36. The summed E-state index contributed by atoms with van der Waals surface area (Å²) in [7, 11) is -2.43. The number of hydrogen-bond acceptors (Lipinski definition) is 12. The molecule has 228 valence electrons. The van der Waals surface area contributed by atoms with E-state index in [-0.39, 0.29) is 52.3 Å². The van der Waals surface area contributed by atoms with Crippen LogP contribution in [0.3, 0.4) is 0 Å². The molecule has 0 radical (unpaired) electrons. The Morgan fingerprint density at radius 3 is 2.47 bits per heavy atom. The van der Waals surface area contributed by atoms with Crippen molar-refractivity contribution in [1.29, 1.82) is 0 Å². The number of aromatic nitrogens is 5. The van der Waals surface area contributed by atoms with Gasteiger partial charge in [-0.05, 0) is 43.2 Å². The van der Waals surface area contributed by atoms with Crippen LogP contribution in [0.1, 0.15) is 48.3 Å². The Kier molecular flexibility index (Phi) is 8.29. The highest BCUT2D eigenvalue weighted by Crippen LogP contribution is 2.41. The predicted octanol–water partition coefficient (Wildman–Crippen LogP) is 3.63. The fraction of sp³-hybridized carbons (Fsp3) is 0.429. The molecule has 4 aromatic rings. The van der Waals surface area contributed by atoms with Crippen LogP contribution in [-0.4, -0.2) is 66.0 Å². The van der Waals surface area contributed by atoms with Gasteiger partial charge in [0.1, 0.15) is 5.82 Å². The standard InChI is InChI=1S/C28H33ClN8O5S/c1-16-11-19(16)14-37(15-21(38)26-34-32-17(2)41-26)22-12-20(23(29)24(31-22)36(4)43(5,39)40)25-33-35-27(42-25)28(3,30)13-18-9-7-6-8-10-18/h6-10,12,16,19H,11,13-15,30H2,1-5H3/t16?,19?,28-/m1/s1. The van der Waals surface area contributed by atoms with Gasteiger partial charge in [-0.2, -0.15) is 0 Å². The molecule has 3 aromatic heterocycles. The van der Waals surface area contributed by atoms with Crippen LogP contribution in [0.4, 0.5) is 11.6 Å². The molecule has 43 heavy (non-hydrogen) atoms. The number of benzene rings is 1. The number of ketones is 1. The lowest BCUT2D eigenvalue weighted by Crippen LogP contribution is -2.35. The number of nitrogens with zero attached hydrogens (tertiary/aromatic N) is 7. The molecule has 3 heterocycles. The topological polar surface area (TPSA) is 174 Å². The van der Waals surface area contributed by atoms with Crippen molar-refractivity contribution in [3.05, 3.63) is 64.7 Å². The summed E-state index contributed by atoms with van der Waals surface area (Å²) >= 11 is 6.77. The highest BCUT2D eigenvalue weighted by atomic mass is 35.5. The van der Waals surface area contributed by atoms with Crippen LogP contribution in [-0.2, 0) is 22.0 Å². The average molecular weight is 629 g/mol. The van der Waals surface area contributed by atoms with Crippen LogP contribution < -0.4 is 14.9 Å². The van der Waals surface area contributed by atoms with Crippen LogP contribution in [0.15, 0.2) is 45.2 Å². The van der Waals surface area contributed by atoms with E-state index in [1.807, 2.05) is 30.3 Å². The van der Waals surface area contributed by atoms with Crippen LogP contribution in [0.2, 0.25) is 5.02 Å². The van der Waals surface area contributed by atoms with E-state index in [4.69, 9.17) is 26.2 Å². The summed E-state index contributed by atoms with van der Waals surface area (Å²) in [5.74, 6) is 0.903. The molecular formula is C28H33ClN8O5S. The monoisotopic (exact) mass is 628 g/mol. The van der Waals surface area contributed by atoms with Gasteiger partial charge in [0.2, 0.25) is 33.5 Å². The molecule has 15 heteroatoms. The third kappa shape index (κ3) is 6.86. The molecule has 0 bridgehead atoms. The minimum Gasteiger partial charge on any atom is -0.419 e. The van der Waals surface area contributed by atoms with E-state index in [0.29, 0.717) is 24.8 Å². The van der Waals surface area contributed by atoms with Gasteiger partial charge >= 0.3 is 0 Å². The van der Waals surface area contributed by atoms with Crippen molar-refractivity contribution in [3.8, 4) is 11.5 Å². The van der Waals surface area contributed by atoms with Crippen LogP contribution in [0.25, 0.3) is 11.5 Å². The first-order valence-corrected chi connectivity index (χ1v) is 15.9. The number of hydrogen-bond donors (Lipinski definition) is 1. The number of carbonyl (C=O) groups is 1. The lowest BCUT2D eigenvalue weighted by atomic mass is 9.94. The van der Waals surface area contributed by atoms with Gasteiger partial charge in [0.25, 0.3) is 5.89 Å². The molecule has 0 amide bonds. The smallest absolute Gasteiger partial charge is 0.285 e. The van der Waals surface area contributed by atoms with Crippen molar-refractivity contribution in [3.63, 3.8) is 0 Å². The van der Waals surface area contributed by atoms with Gasteiger partial charge in [-0.15, -0.1) is 20.4 Å². The average Bonchev–Trinajstić information content (AvgIpc) is 3.30. The molecule has 2 N–H and O–H groups in total. The number of nitrogens with two attached hydrogens (primary N) is 1. The van der Waals surface area contributed by atoms with E-state index in [2.05, 4.69) is 32.3 Å². The SMILES string of the molecule is Cc1nnc(C(=O)CN(CC2CC2C)c2cc(-c3nnc([C@](C)(N)Cc4ccccc4)o3)c(Cl)c(N(C)S(C)(=O)=O)n2)o1. The molecule has 1 fully saturated rings. The van der Waals surface area contributed by atoms with E-state index in [1.54, 1.807) is 24.8 Å². The lowest BCUT2D eigenvalue weighted by molar-refractivity contribution is 0.0964. The predicted molar refractivity (Wildman–Crippen MR) is 160 cm³/mol. The summed E-state index contributed by atoms with van der Waals surface area (Å²) in [6.07, 6.45) is 2.44. The second kappa shape index (κ2) is 11.7. The molecule has 3 atom stereocenters. The van der Waals surface area contributed by atoms with Crippen molar-refractivity contribution < 1.29 is 22.0 Å². The summed E-state index contributed by atoms with van der Waals surface area (Å²) in [6, 6.07) is 11.3. The maximum absolute atomic E-state index is 13.1. The van der Waals surface area contributed by atoms with E-state index in [0.717, 1.165) is 22.5 Å². The summed E-state index contributed by atoms with van der Waals surface area (Å²) < 4.78 is 37.5. The van der Waals surface area contributed by atoms with Crippen molar-refractivity contribution >= 4 is 39.0 Å². The number of aryl methyl sites for hydroxylation is 1. The Bertz CT molecular complexity index is 1740. The number of sulfonamides is 1. The van der Waals surface area contributed by atoms with E-state index in [1.165, 1.54) is 7.05 Å². The lowest BCUT2D eigenvalue weighted by Gasteiger charge is -2.26. The summed E-state index contributed by atoms with van der Waals surface area (Å²) in [6.45, 7) is 5.83. The summed E-state index contributed by atoms with van der Waals surface area (Å²) in [5, 5.41) is 16.0. The highest BCUT2D eigenvalue weighted by molar-refractivity contribution is 7.92. The molecule has 0 saturated heterocycles. The van der Waals surface area contributed by atoms with E-state index in [9.17, 15) is 13.2 Å². The maximum Gasteiger partial charge on any atom is 0.285 e. The first-order valence-electron chi connectivity index (χ1n) is 13.6. The Balaban J connectivity index is 1.57. The van der Waals surface area contributed by atoms with Crippen LogP contribution in [0, 0.1) is 18.8 Å². The van der Waals surface area contributed by atoms with Gasteiger partial charge in [0.05, 0.1) is 28.9 Å². The molecule has 1 aliphatic rings. The third-order valence-electron chi connectivity index (χ3n) is 7.43. The zero-order valence-electron chi connectivity index (χ0n) is 24.5. The minimum absolute atomic E-state index is 0.0211. The van der Waals surface area contributed by atoms with Gasteiger partial charge in [-0.3, -0.25) is 9.10 Å². The zero-order chi connectivity index (χ0) is 31.1. The van der Waals surface area contributed by atoms with E-state index < -0.39 is 21.3 Å². The molecule has 2 unspecified atom stereocenters. The summed E-state index contributed by atoms with van der Waals surface area (Å²) in [4.78, 5) is 19.5. The normalized spacial score (nSPS) is 17.8. The Hall–Kier alpha value is -3.88.